The maximum atomic E-state index is 12.1. The second kappa shape index (κ2) is 5.49. The highest BCUT2D eigenvalue weighted by atomic mass is 32.1. The predicted octanol–water partition coefficient (Wildman–Crippen LogP) is 1.77. The van der Waals surface area contributed by atoms with Crippen LogP contribution >= 0.6 is 11.3 Å². The average molecular weight is 300 g/mol. The number of fused-ring (bicyclic) bond motifs is 1. The quantitative estimate of drug-likeness (QED) is 0.875. The van der Waals surface area contributed by atoms with Crippen LogP contribution in [0.1, 0.15) is 30.4 Å². The van der Waals surface area contributed by atoms with E-state index in [-0.39, 0.29) is 30.8 Å². The number of thiophene rings is 1. The summed E-state index contributed by atoms with van der Waals surface area (Å²) in [5, 5.41) is 4.52. The Balaban J connectivity index is 1.61. The predicted molar refractivity (Wildman–Crippen MR) is 78.5 cm³/mol. The summed E-state index contributed by atoms with van der Waals surface area (Å²) in [6, 6.07) is 10.3. The zero-order valence-electron chi connectivity index (χ0n) is 11.0. The SMILES string of the molecule is O=C(NCCN1C(=O)c2ccccc2C1=O)c1cccs1. The van der Waals surface area contributed by atoms with Gasteiger partial charge in [-0.15, -0.1) is 11.3 Å². The van der Waals surface area contributed by atoms with E-state index in [0.29, 0.717) is 16.0 Å². The summed E-state index contributed by atoms with van der Waals surface area (Å²) < 4.78 is 0. The van der Waals surface area contributed by atoms with Crippen molar-refractivity contribution in [1.29, 1.82) is 0 Å². The highest BCUT2D eigenvalue weighted by Crippen LogP contribution is 2.21. The van der Waals surface area contributed by atoms with Crippen molar-refractivity contribution in [2.45, 2.75) is 0 Å². The summed E-state index contributed by atoms with van der Waals surface area (Å²) in [6.07, 6.45) is 0. The van der Waals surface area contributed by atoms with E-state index >= 15 is 0 Å². The van der Waals surface area contributed by atoms with Crippen molar-refractivity contribution >= 4 is 29.1 Å². The molecule has 1 aromatic carbocycles. The average Bonchev–Trinajstić information content (AvgIpc) is 3.11. The number of hydrogen-bond donors (Lipinski definition) is 1. The van der Waals surface area contributed by atoms with Gasteiger partial charge in [-0.3, -0.25) is 19.3 Å². The van der Waals surface area contributed by atoms with E-state index in [0.717, 1.165) is 0 Å². The summed E-state index contributed by atoms with van der Waals surface area (Å²) in [6.45, 7) is 0.408. The zero-order chi connectivity index (χ0) is 14.8. The number of carbonyl (C=O) groups is 3. The minimum Gasteiger partial charge on any atom is -0.350 e. The molecule has 3 amide bonds. The molecule has 0 atom stereocenters. The van der Waals surface area contributed by atoms with Gasteiger partial charge in [-0.2, -0.15) is 0 Å². The molecule has 1 N–H and O–H groups in total. The zero-order valence-corrected chi connectivity index (χ0v) is 11.9. The molecular formula is C15H12N2O3S. The number of carbonyl (C=O) groups excluding carboxylic acids is 3. The second-order valence-corrected chi connectivity index (χ2v) is 5.49. The van der Waals surface area contributed by atoms with E-state index in [2.05, 4.69) is 5.32 Å². The molecule has 106 valence electrons. The van der Waals surface area contributed by atoms with Crippen LogP contribution in [0, 0.1) is 0 Å². The molecule has 21 heavy (non-hydrogen) atoms. The van der Waals surface area contributed by atoms with E-state index < -0.39 is 0 Å². The van der Waals surface area contributed by atoms with E-state index in [9.17, 15) is 14.4 Å². The van der Waals surface area contributed by atoms with Gasteiger partial charge in [-0.05, 0) is 23.6 Å². The number of nitrogens with zero attached hydrogens (tertiary/aromatic N) is 1. The molecule has 0 radical (unpaired) electrons. The molecule has 0 aliphatic carbocycles. The van der Waals surface area contributed by atoms with Crippen LogP contribution in [-0.2, 0) is 0 Å². The Kier molecular flexibility index (Phi) is 3.53. The third-order valence-corrected chi connectivity index (χ3v) is 4.11. The number of rotatable bonds is 4. The van der Waals surface area contributed by atoms with Gasteiger partial charge < -0.3 is 5.32 Å². The normalized spacial score (nSPS) is 13.4. The lowest BCUT2D eigenvalue weighted by Crippen LogP contribution is -2.37. The van der Waals surface area contributed by atoms with Crippen LogP contribution in [0.2, 0.25) is 0 Å². The third-order valence-electron chi connectivity index (χ3n) is 3.24. The van der Waals surface area contributed by atoms with Crippen molar-refractivity contribution in [1.82, 2.24) is 10.2 Å². The highest BCUT2D eigenvalue weighted by Gasteiger charge is 2.34. The Morgan fingerprint density at radius 1 is 1.05 bits per heavy atom. The summed E-state index contributed by atoms with van der Waals surface area (Å²) in [4.78, 5) is 37.8. The first-order valence-corrected chi connectivity index (χ1v) is 7.33. The van der Waals surface area contributed by atoms with Crippen molar-refractivity contribution in [3.63, 3.8) is 0 Å². The van der Waals surface area contributed by atoms with E-state index in [1.54, 1.807) is 36.4 Å². The number of hydrogen-bond acceptors (Lipinski definition) is 4. The maximum absolute atomic E-state index is 12.1. The van der Waals surface area contributed by atoms with Crippen molar-refractivity contribution in [3.05, 3.63) is 57.8 Å². The molecule has 1 aromatic heterocycles. The van der Waals surface area contributed by atoms with E-state index in [1.165, 1.54) is 16.2 Å². The fourth-order valence-corrected chi connectivity index (χ4v) is 2.86. The lowest BCUT2D eigenvalue weighted by atomic mass is 10.1. The van der Waals surface area contributed by atoms with Gasteiger partial charge in [-0.1, -0.05) is 18.2 Å². The van der Waals surface area contributed by atoms with Crippen molar-refractivity contribution in [2.75, 3.05) is 13.1 Å². The van der Waals surface area contributed by atoms with Crippen LogP contribution in [0.4, 0.5) is 0 Å². The molecule has 0 fully saturated rings. The van der Waals surface area contributed by atoms with Crippen LogP contribution in [0.15, 0.2) is 41.8 Å². The van der Waals surface area contributed by atoms with Gasteiger partial charge in [0.1, 0.15) is 0 Å². The van der Waals surface area contributed by atoms with Gasteiger partial charge in [0.2, 0.25) is 0 Å². The van der Waals surface area contributed by atoms with Crippen molar-refractivity contribution < 1.29 is 14.4 Å². The number of amides is 3. The monoisotopic (exact) mass is 300 g/mol. The number of nitrogens with one attached hydrogen (secondary N) is 1. The lowest BCUT2D eigenvalue weighted by Gasteiger charge is -2.13. The van der Waals surface area contributed by atoms with Gasteiger partial charge in [0, 0.05) is 13.1 Å². The maximum Gasteiger partial charge on any atom is 0.261 e. The number of benzene rings is 1. The Bertz CT molecular complexity index is 674. The Morgan fingerprint density at radius 2 is 1.71 bits per heavy atom. The van der Waals surface area contributed by atoms with Crippen molar-refractivity contribution in [3.8, 4) is 0 Å². The molecule has 3 rings (SSSR count). The van der Waals surface area contributed by atoms with Crippen LogP contribution < -0.4 is 5.32 Å². The fourth-order valence-electron chi connectivity index (χ4n) is 2.22. The third kappa shape index (κ3) is 2.45. The second-order valence-electron chi connectivity index (χ2n) is 4.54. The summed E-state index contributed by atoms with van der Waals surface area (Å²) in [5.74, 6) is -0.802. The van der Waals surface area contributed by atoms with Crippen LogP contribution in [0.5, 0.6) is 0 Å². The summed E-state index contributed by atoms with van der Waals surface area (Å²) >= 11 is 1.35. The topological polar surface area (TPSA) is 66.5 Å². The first-order chi connectivity index (χ1) is 10.2. The van der Waals surface area contributed by atoms with Gasteiger partial charge in [0.05, 0.1) is 16.0 Å². The molecule has 6 heteroatoms. The highest BCUT2D eigenvalue weighted by molar-refractivity contribution is 7.12. The Labute approximate surface area is 125 Å². The first-order valence-electron chi connectivity index (χ1n) is 6.45. The minimum atomic E-state index is -0.305. The van der Waals surface area contributed by atoms with Gasteiger partial charge in [0.15, 0.2) is 0 Å². The van der Waals surface area contributed by atoms with Crippen LogP contribution in [0.3, 0.4) is 0 Å². The first kappa shape index (κ1) is 13.5. The fraction of sp³-hybridized carbons (Fsp3) is 0.133. The lowest BCUT2D eigenvalue weighted by molar-refractivity contribution is 0.0650. The minimum absolute atomic E-state index is 0.170. The van der Waals surface area contributed by atoms with Gasteiger partial charge >= 0.3 is 0 Å². The smallest absolute Gasteiger partial charge is 0.261 e. The number of imide groups is 1. The largest absolute Gasteiger partial charge is 0.350 e. The molecular weight excluding hydrogens is 288 g/mol. The van der Waals surface area contributed by atoms with E-state index in [4.69, 9.17) is 0 Å². The molecule has 0 bridgehead atoms. The molecule has 5 nitrogen and oxygen atoms in total. The standard InChI is InChI=1S/C15H12N2O3S/c18-13(12-6-3-9-21-12)16-7-8-17-14(19)10-4-1-2-5-11(10)15(17)20/h1-6,9H,7-8H2,(H,16,18). The molecule has 2 aromatic rings. The molecule has 1 aliphatic heterocycles. The van der Waals surface area contributed by atoms with Gasteiger partial charge in [-0.25, -0.2) is 0 Å². The van der Waals surface area contributed by atoms with Crippen molar-refractivity contribution in [2.24, 2.45) is 0 Å². The van der Waals surface area contributed by atoms with Crippen LogP contribution in [0.25, 0.3) is 0 Å². The van der Waals surface area contributed by atoms with Crippen LogP contribution in [-0.4, -0.2) is 35.7 Å². The summed E-state index contributed by atoms with van der Waals surface area (Å²) in [7, 11) is 0. The molecule has 0 saturated heterocycles. The molecule has 1 aliphatic rings. The van der Waals surface area contributed by atoms with Gasteiger partial charge in [0.25, 0.3) is 17.7 Å². The summed E-state index contributed by atoms with van der Waals surface area (Å²) in [5.41, 5.74) is 0.846. The Hall–Kier alpha value is -2.47. The molecule has 0 unspecified atom stereocenters. The van der Waals surface area contributed by atoms with E-state index in [1.807, 2.05) is 5.38 Å². The molecule has 0 saturated carbocycles. The molecule has 0 spiro atoms. The molecule has 2 heterocycles. The Morgan fingerprint density at radius 3 is 2.29 bits per heavy atom.